The molecule has 0 radical (unpaired) electrons. The van der Waals surface area contributed by atoms with Crippen molar-refractivity contribution >= 4 is 17.4 Å². The van der Waals surface area contributed by atoms with E-state index in [1.54, 1.807) is 0 Å². The van der Waals surface area contributed by atoms with Crippen molar-refractivity contribution in [2.75, 3.05) is 17.2 Å². The maximum Gasteiger partial charge on any atom is 0.405 e. The van der Waals surface area contributed by atoms with Gasteiger partial charge in [0.1, 0.15) is 18.6 Å². The van der Waals surface area contributed by atoms with E-state index in [-0.39, 0.29) is 40.1 Å². The number of nitrogens with zero attached hydrogens (tertiary/aromatic N) is 4. The van der Waals surface area contributed by atoms with Crippen LogP contribution >= 0.6 is 0 Å². The van der Waals surface area contributed by atoms with E-state index in [1.165, 1.54) is 29.2 Å². The zero-order chi connectivity index (χ0) is 27.7. The number of alkyl halides is 5. The van der Waals surface area contributed by atoms with E-state index in [1.807, 2.05) is 0 Å². The molecular weight excluding hydrogens is 511 g/mol. The van der Waals surface area contributed by atoms with E-state index in [0.29, 0.717) is 5.92 Å². The van der Waals surface area contributed by atoms with Crippen LogP contribution in [-0.2, 0) is 0 Å². The van der Waals surface area contributed by atoms with Crippen LogP contribution in [0.3, 0.4) is 0 Å². The number of anilines is 2. The fraction of sp³-hybridized carbons (Fsp3) is 0.520. The van der Waals surface area contributed by atoms with Gasteiger partial charge in [0.05, 0.1) is 11.7 Å². The van der Waals surface area contributed by atoms with Crippen molar-refractivity contribution in [1.29, 1.82) is 0 Å². The van der Waals surface area contributed by atoms with Crippen molar-refractivity contribution in [1.82, 2.24) is 19.7 Å². The summed E-state index contributed by atoms with van der Waals surface area (Å²) in [4.78, 5) is 20.7. The molecule has 2 N–H and O–H groups in total. The Morgan fingerprint density at radius 2 is 1.89 bits per heavy atom. The van der Waals surface area contributed by atoms with Gasteiger partial charge in [0.25, 0.3) is 12.3 Å². The number of hydrogen-bond donors (Lipinski definition) is 2. The molecule has 13 heteroatoms. The number of carbonyl (C=O) groups excluding carboxylic acids is 1. The zero-order valence-electron chi connectivity index (χ0n) is 21.1. The molecular formula is C25H29F5N6O2. The van der Waals surface area contributed by atoms with Crippen molar-refractivity contribution in [2.24, 2.45) is 11.3 Å². The van der Waals surface area contributed by atoms with Gasteiger partial charge in [0.2, 0.25) is 5.89 Å². The molecule has 8 nitrogen and oxygen atoms in total. The molecule has 0 aromatic carbocycles. The molecule has 4 rings (SSSR count). The van der Waals surface area contributed by atoms with Crippen LogP contribution in [0.2, 0.25) is 0 Å². The second kappa shape index (κ2) is 10.7. The van der Waals surface area contributed by atoms with Crippen molar-refractivity contribution in [3.63, 3.8) is 0 Å². The number of hydrogen-bond acceptors (Lipinski definition) is 6. The fourth-order valence-corrected chi connectivity index (χ4v) is 4.60. The molecule has 3 aromatic heterocycles. The highest BCUT2D eigenvalue weighted by Gasteiger charge is 2.32. The normalized spacial score (nSPS) is 18.6. The third-order valence-corrected chi connectivity index (χ3v) is 6.72. The Labute approximate surface area is 216 Å². The van der Waals surface area contributed by atoms with Crippen LogP contribution in [-0.4, -0.2) is 38.4 Å². The molecule has 0 unspecified atom stereocenters. The highest BCUT2D eigenvalue weighted by molar-refractivity contribution is 6.03. The first-order chi connectivity index (χ1) is 17.8. The lowest BCUT2D eigenvalue weighted by atomic mass is 9.71. The van der Waals surface area contributed by atoms with Crippen molar-refractivity contribution in [3.05, 3.63) is 42.2 Å². The number of carbonyl (C=O) groups is 1. The standard InChI is InChI=1S/C25H29F5N6O2/c1-24(2,3)15-4-6-16(7-5-15)36-11-17(20(35-36)21(26)27)33-22(37)18-12-38-23(34-18)14-8-9-31-19(10-14)32-13-25(28,29)30/h8-12,15-16,21H,4-7,13H2,1-3H3,(H,31,32)(H,33,37)/t15-,16+. The molecule has 3 heterocycles. The van der Waals surface area contributed by atoms with Gasteiger partial charge in [-0.3, -0.25) is 9.48 Å². The topological polar surface area (TPSA) is 97.9 Å². The quantitative estimate of drug-likeness (QED) is 0.317. The predicted molar refractivity (Wildman–Crippen MR) is 130 cm³/mol. The number of amides is 1. The van der Waals surface area contributed by atoms with Gasteiger partial charge in [-0.05, 0) is 49.1 Å². The second-order valence-corrected chi connectivity index (χ2v) is 10.5. The predicted octanol–water partition coefficient (Wildman–Crippen LogP) is 6.87. The van der Waals surface area contributed by atoms with Crippen LogP contribution < -0.4 is 10.6 Å². The van der Waals surface area contributed by atoms with E-state index in [2.05, 4.69) is 46.5 Å². The SMILES string of the molecule is CC(C)(C)[C@H]1CC[C@@H](n2cc(NC(=O)c3coc(-c4ccnc(NCC(F)(F)F)c4)n3)c(C(F)F)n2)CC1. The van der Waals surface area contributed by atoms with Crippen LogP contribution in [0.5, 0.6) is 0 Å². The van der Waals surface area contributed by atoms with Gasteiger partial charge in [0, 0.05) is 18.0 Å². The van der Waals surface area contributed by atoms with Crippen LogP contribution in [0.1, 0.15) is 75.1 Å². The molecule has 206 valence electrons. The number of rotatable bonds is 7. The van der Waals surface area contributed by atoms with Crippen molar-refractivity contribution < 1.29 is 31.2 Å². The minimum absolute atomic E-state index is 0.0396. The number of halogens is 5. The Bertz CT molecular complexity index is 1260. The smallest absolute Gasteiger partial charge is 0.405 e. The van der Waals surface area contributed by atoms with Crippen LogP contribution in [0.4, 0.5) is 33.5 Å². The van der Waals surface area contributed by atoms with E-state index >= 15 is 0 Å². The average molecular weight is 541 g/mol. The molecule has 3 aromatic rings. The van der Waals surface area contributed by atoms with Gasteiger partial charge in [-0.25, -0.2) is 18.7 Å². The molecule has 38 heavy (non-hydrogen) atoms. The maximum absolute atomic E-state index is 13.7. The largest absolute Gasteiger partial charge is 0.444 e. The van der Waals surface area contributed by atoms with Crippen LogP contribution in [0.25, 0.3) is 11.5 Å². The number of oxazole rings is 1. The summed E-state index contributed by atoms with van der Waals surface area (Å²) in [5, 5.41) is 8.67. The van der Waals surface area contributed by atoms with E-state index in [9.17, 15) is 26.7 Å². The summed E-state index contributed by atoms with van der Waals surface area (Å²) in [6.07, 6.45) is -0.0781. The highest BCUT2D eigenvalue weighted by Crippen LogP contribution is 2.42. The Balaban J connectivity index is 1.46. The molecule has 1 fully saturated rings. The molecule has 1 aliphatic rings. The summed E-state index contributed by atoms with van der Waals surface area (Å²) >= 11 is 0. The Morgan fingerprint density at radius 1 is 1.18 bits per heavy atom. The fourth-order valence-electron chi connectivity index (χ4n) is 4.60. The van der Waals surface area contributed by atoms with Crippen molar-refractivity contribution in [2.45, 2.75) is 65.1 Å². The molecule has 1 aliphatic carbocycles. The number of nitrogens with one attached hydrogen (secondary N) is 2. The van der Waals surface area contributed by atoms with Gasteiger partial charge < -0.3 is 15.1 Å². The van der Waals surface area contributed by atoms with E-state index in [4.69, 9.17) is 4.42 Å². The van der Waals surface area contributed by atoms with Gasteiger partial charge in [-0.15, -0.1) is 0 Å². The average Bonchev–Trinajstić information content (AvgIpc) is 3.50. The minimum Gasteiger partial charge on any atom is -0.444 e. The first kappa shape index (κ1) is 27.5. The lowest BCUT2D eigenvalue weighted by molar-refractivity contribution is -0.115. The molecule has 0 aliphatic heterocycles. The third kappa shape index (κ3) is 6.67. The van der Waals surface area contributed by atoms with Crippen LogP contribution in [0, 0.1) is 11.3 Å². The first-order valence-corrected chi connectivity index (χ1v) is 12.2. The summed E-state index contributed by atoms with van der Waals surface area (Å²) in [6, 6.07) is 2.69. The lowest BCUT2D eigenvalue weighted by Crippen LogP contribution is -2.27. The van der Waals surface area contributed by atoms with Gasteiger partial charge in [-0.1, -0.05) is 20.8 Å². The summed E-state index contributed by atoms with van der Waals surface area (Å²) in [7, 11) is 0. The second-order valence-electron chi connectivity index (χ2n) is 10.5. The summed E-state index contributed by atoms with van der Waals surface area (Å²) in [6.45, 7) is 5.31. The lowest BCUT2D eigenvalue weighted by Gasteiger charge is -2.37. The summed E-state index contributed by atoms with van der Waals surface area (Å²) < 4.78 is 71.7. The molecule has 1 amide bonds. The Morgan fingerprint density at radius 3 is 2.53 bits per heavy atom. The highest BCUT2D eigenvalue weighted by atomic mass is 19.4. The van der Waals surface area contributed by atoms with E-state index < -0.39 is 30.7 Å². The van der Waals surface area contributed by atoms with Crippen LogP contribution in [0.15, 0.2) is 35.2 Å². The van der Waals surface area contributed by atoms with E-state index in [0.717, 1.165) is 31.9 Å². The molecule has 0 spiro atoms. The Hall–Kier alpha value is -3.51. The number of aromatic nitrogens is 4. The molecule has 0 bridgehead atoms. The van der Waals surface area contributed by atoms with Gasteiger partial charge >= 0.3 is 6.18 Å². The molecule has 0 saturated heterocycles. The van der Waals surface area contributed by atoms with Crippen molar-refractivity contribution in [3.8, 4) is 11.5 Å². The minimum atomic E-state index is -4.43. The summed E-state index contributed by atoms with van der Waals surface area (Å²) in [5.41, 5.74) is -0.392. The molecule has 0 atom stereocenters. The maximum atomic E-state index is 13.7. The van der Waals surface area contributed by atoms with Gasteiger partial charge in [-0.2, -0.15) is 18.3 Å². The third-order valence-electron chi connectivity index (χ3n) is 6.72. The molecule has 1 saturated carbocycles. The number of pyridine rings is 1. The monoisotopic (exact) mass is 540 g/mol. The zero-order valence-corrected chi connectivity index (χ0v) is 21.1. The first-order valence-electron chi connectivity index (χ1n) is 12.2. The summed E-state index contributed by atoms with van der Waals surface area (Å²) in [5.74, 6) is -0.355. The van der Waals surface area contributed by atoms with Gasteiger partial charge in [0.15, 0.2) is 11.4 Å². The Kier molecular flexibility index (Phi) is 7.75.